The number of carboxylic acids is 1. The van der Waals surface area contributed by atoms with E-state index in [2.05, 4.69) is 16.1 Å². The fourth-order valence-corrected chi connectivity index (χ4v) is 6.46. The first-order chi connectivity index (χ1) is 15.9. The van der Waals surface area contributed by atoms with E-state index >= 15 is 0 Å². The van der Waals surface area contributed by atoms with E-state index in [-0.39, 0.29) is 5.70 Å². The molecule has 2 unspecified atom stereocenters. The molecule has 33 heavy (non-hydrogen) atoms. The first-order valence-electron chi connectivity index (χ1n) is 9.56. The third-order valence-corrected chi connectivity index (χ3v) is 7.99. The van der Waals surface area contributed by atoms with Crippen LogP contribution in [0.2, 0.25) is 0 Å². The fourth-order valence-electron chi connectivity index (χ4n) is 3.45. The summed E-state index contributed by atoms with van der Waals surface area (Å²) in [5.74, 6) is -1.60. The number of urea groups is 1. The maximum atomic E-state index is 12.9. The molecule has 3 aliphatic heterocycles. The quantitative estimate of drug-likeness (QED) is 0.319. The Bertz CT molecular complexity index is 1070. The summed E-state index contributed by atoms with van der Waals surface area (Å²) in [6, 6.07) is -1.18. The number of carbonyl (C=O) groups is 4. The van der Waals surface area contributed by atoms with Crippen molar-refractivity contribution in [3.05, 3.63) is 57.1 Å². The number of nitrogens with one attached hydrogen (secondary N) is 3. The van der Waals surface area contributed by atoms with Gasteiger partial charge in [-0.1, -0.05) is 0 Å². The minimum Gasteiger partial charge on any atom is -0.477 e. The summed E-state index contributed by atoms with van der Waals surface area (Å²) in [6.45, 7) is 0. The molecule has 3 atom stereocenters. The molecule has 0 aliphatic carbocycles. The number of carbonyl (C=O) groups excluding carboxylic acids is 3. The highest BCUT2D eigenvalue weighted by Gasteiger charge is 2.54. The molecule has 0 bridgehead atoms. The number of nitrogens with zero attached hydrogens (tertiary/aromatic N) is 1. The number of hydrogen-bond donors (Lipinski definition) is 5. The number of thiophene rings is 1. The molecule has 4 rings (SSSR count). The SMILES string of the molecule is NC(=O)NC(C(=O)N[C@H]1C(=O)N2C(C(=O)O)=C(CSC3=CC=CON3)CSC12)c1ccsc1. The van der Waals surface area contributed by atoms with E-state index in [9.17, 15) is 24.3 Å². The molecule has 1 aromatic heterocycles. The third-order valence-electron chi connectivity index (χ3n) is 4.93. The van der Waals surface area contributed by atoms with Gasteiger partial charge in [-0.05, 0) is 40.1 Å². The van der Waals surface area contributed by atoms with Gasteiger partial charge in [0.15, 0.2) is 0 Å². The van der Waals surface area contributed by atoms with Gasteiger partial charge in [-0.25, -0.2) is 15.1 Å². The lowest BCUT2D eigenvalue weighted by molar-refractivity contribution is -0.150. The smallest absolute Gasteiger partial charge is 0.352 e. The van der Waals surface area contributed by atoms with E-state index in [0.29, 0.717) is 27.7 Å². The lowest BCUT2D eigenvalue weighted by Gasteiger charge is -2.49. The van der Waals surface area contributed by atoms with Gasteiger partial charge in [0.1, 0.15) is 34.4 Å². The number of hydrogen-bond acceptors (Lipinski definition) is 9. The second kappa shape index (κ2) is 9.80. The van der Waals surface area contributed by atoms with Gasteiger partial charge < -0.3 is 26.3 Å². The highest BCUT2D eigenvalue weighted by Crippen LogP contribution is 2.41. The van der Waals surface area contributed by atoms with Crippen molar-refractivity contribution in [2.45, 2.75) is 17.5 Å². The molecule has 4 heterocycles. The Hall–Kier alpha value is -3.10. The minimum absolute atomic E-state index is 0.0701. The van der Waals surface area contributed by atoms with E-state index in [0.717, 1.165) is 0 Å². The zero-order valence-electron chi connectivity index (χ0n) is 16.8. The Labute approximate surface area is 200 Å². The zero-order chi connectivity index (χ0) is 23.5. The molecule has 1 fully saturated rings. The highest BCUT2D eigenvalue weighted by atomic mass is 32.2. The fraction of sp³-hybridized carbons (Fsp3) is 0.263. The molecule has 0 spiro atoms. The molecular formula is C19H19N5O6S3. The van der Waals surface area contributed by atoms with Crippen LogP contribution < -0.4 is 21.8 Å². The molecule has 6 N–H and O–H groups in total. The molecule has 1 saturated heterocycles. The van der Waals surface area contributed by atoms with Crippen molar-refractivity contribution in [3.63, 3.8) is 0 Å². The van der Waals surface area contributed by atoms with Gasteiger partial charge >= 0.3 is 12.0 Å². The van der Waals surface area contributed by atoms with Gasteiger partial charge in [0, 0.05) is 11.5 Å². The van der Waals surface area contributed by atoms with E-state index in [4.69, 9.17) is 10.6 Å². The third kappa shape index (κ3) is 4.82. The number of amides is 4. The summed E-state index contributed by atoms with van der Waals surface area (Å²) in [7, 11) is 0. The van der Waals surface area contributed by atoms with Crippen LogP contribution in [0.25, 0.3) is 0 Å². The number of hydroxylamine groups is 1. The Kier molecular flexibility index (Phi) is 6.85. The van der Waals surface area contributed by atoms with Crippen LogP contribution in [0.1, 0.15) is 11.6 Å². The van der Waals surface area contributed by atoms with E-state index in [1.165, 1.54) is 46.0 Å². The van der Waals surface area contributed by atoms with E-state index in [1.807, 2.05) is 0 Å². The predicted octanol–water partition coefficient (Wildman–Crippen LogP) is 0.819. The van der Waals surface area contributed by atoms with Gasteiger partial charge in [-0.2, -0.15) is 11.3 Å². The van der Waals surface area contributed by atoms with Gasteiger partial charge in [0.25, 0.3) is 5.91 Å². The van der Waals surface area contributed by atoms with Crippen molar-refractivity contribution < 1.29 is 29.1 Å². The maximum absolute atomic E-state index is 12.9. The van der Waals surface area contributed by atoms with Crippen LogP contribution >= 0.6 is 34.9 Å². The van der Waals surface area contributed by atoms with Crippen LogP contribution in [0, 0.1) is 0 Å². The summed E-state index contributed by atoms with van der Waals surface area (Å²) in [5.41, 5.74) is 8.96. The maximum Gasteiger partial charge on any atom is 0.352 e. The highest BCUT2D eigenvalue weighted by molar-refractivity contribution is 8.03. The predicted molar refractivity (Wildman–Crippen MR) is 123 cm³/mol. The lowest BCUT2D eigenvalue weighted by atomic mass is 10.0. The van der Waals surface area contributed by atoms with Gasteiger partial charge in [-0.15, -0.1) is 23.5 Å². The summed E-state index contributed by atoms with van der Waals surface area (Å²) in [4.78, 5) is 55.2. The number of nitrogens with two attached hydrogens (primary N) is 1. The minimum atomic E-state index is -1.21. The van der Waals surface area contributed by atoms with Crippen molar-refractivity contribution in [1.29, 1.82) is 0 Å². The van der Waals surface area contributed by atoms with E-state index < -0.39 is 41.3 Å². The summed E-state index contributed by atoms with van der Waals surface area (Å²) in [6.07, 6.45) is 4.97. The summed E-state index contributed by atoms with van der Waals surface area (Å²) < 4.78 is 0. The molecule has 0 saturated carbocycles. The van der Waals surface area contributed by atoms with Crippen molar-refractivity contribution in [1.82, 2.24) is 21.0 Å². The zero-order valence-corrected chi connectivity index (χ0v) is 19.3. The number of primary amides is 1. The molecule has 0 radical (unpaired) electrons. The molecule has 11 nitrogen and oxygen atoms in total. The first kappa shape index (κ1) is 23.1. The van der Waals surface area contributed by atoms with Gasteiger partial charge in [0.2, 0.25) is 5.91 Å². The second-order valence-electron chi connectivity index (χ2n) is 7.02. The largest absolute Gasteiger partial charge is 0.477 e. The number of carboxylic acid groups (broad SMARTS) is 1. The van der Waals surface area contributed by atoms with Crippen LogP contribution in [0.15, 0.2) is 51.5 Å². The second-order valence-corrected chi connectivity index (χ2v) is 9.92. The van der Waals surface area contributed by atoms with Crippen LogP contribution in [0.3, 0.4) is 0 Å². The standard InChI is InChI=1S/C19H19N5O6S3/c20-19(29)22-12(9-3-5-31-6-9)15(25)21-13-16(26)24-14(18(27)28)10(8-33-17(13)24)7-32-11-2-1-4-30-23-11/h1-6,12-13,17,23H,7-8H2,(H,21,25)(H,27,28)(H3,20,22,29)/t12?,13-,17?/m0/s1. The Balaban J connectivity index is 1.46. The molecule has 3 aliphatic rings. The van der Waals surface area contributed by atoms with Crippen molar-refractivity contribution in [2.75, 3.05) is 11.5 Å². The first-order valence-corrected chi connectivity index (χ1v) is 12.5. The summed E-state index contributed by atoms with van der Waals surface area (Å²) in [5, 5.41) is 18.4. The number of fused-ring (bicyclic) bond motifs is 1. The Morgan fingerprint density at radius 3 is 2.88 bits per heavy atom. The molecule has 14 heteroatoms. The number of allylic oxidation sites excluding steroid dienone is 2. The normalized spacial score (nSPS) is 22.2. The van der Waals surface area contributed by atoms with Crippen molar-refractivity contribution in [3.8, 4) is 0 Å². The Morgan fingerprint density at radius 1 is 1.42 bits per heavy atom. The van der Waals surface area contributed by atoms with Crippen molar-refractivity contribution in [2.24, 2.45) is 5.73 Å². The van der Waals surface area contributed by atoms with Crippen LogP contribution in [0.4, 0.5) is 4.79 Å². The number of thioether (sulfide) groups is 2. The molecule has 4 amide bonds. The summed E-state index contributed by atoms with van der Waals surface area (Å²) >= 11 is 4.06. The number of β-lactam (4-membered cyclic amide) rings is 1. The van der Waals surface area contributed by atoms with Gasteiger partial charge in [0.05, 0.1) is 0 Å². The van der Waals surface area contributed by atoms with E-state index in [1.54, 1.807) is 29.0 Å². The average Bonchev–Trinajstić information content (AvgIpc) is 3.33. The molecule has 0 aromatic carbocycles. The Morgan fingerprint density at radius 2 is 2.24 bits per heavy atom. The van der Waals surface area contributed by atoms with Gasteiger partial charge in [-0.3, -0.25) is 14.5 Å². The number of aliphatic carboxylic acids is 1. The monoisotopic (exact) mass is 509 g/mol. The van der Waals surface area contributed by atoms with Crippen LogP contribution in [-0.4, -0.2) is 56.7 Å². The molecule has 174 valence electrons. The van der Waals surface area contributed by atoms with Crippen LogP contribution in [-0.2, 0) is 19.2 Å². The van der Waals surface area contributed by atoms with Crippen molar-refractivity contribution >= 4 is 58.7 Å². The molecular weight excluding hydrogens is 490 g/mol. The topological polar surface area (TPSA) is 163 Å². The van der Waals surface area contributed by atoms with Crippen LogP contribution in [0.5, 0.6) is 0 Å². The average molecular weight is 510 g/mol. The lowest BCUT2D eigenvalue weighted by Crippen LogP contribution is -2.71. The molecule has 1 aromatic rings. The number of rotatable bonds is 8.